The Morgan fingerprint density at radius 3 is 1.53 bits per heavy atom. The summed E-state index contributed by atoms with van der Waals surface area (Å²) in [6, 6.07) is 0. The van der Waals surface area contributed by atoms with Gasteiger partial charge in [0.25, 0.3) is 0 Å². The maximum absolute atomic E-state index is 3.44. The molecule has 0 aromatic heterocycles. The van der Waals surface area contributed by atoms with Crippen LogP contribution < -0.4 is 24.8 Å². The van der Waals surface area contributed by atoms with Crippen molar-refractivity contribution in [2.24, 2.45) is 0 Å². The molecule has 0 radical (unpaired) electrons. The molecule has 0 aromatic rings. The van der Waals surface area contributed by atoms with E-state index in [1.54, 1.807) is 0 Å². The first-order valence-corrected chi connectivity index (χ1v) is 6.43. The van der Waals surface area contributed by atoms with Crippen LogP contribution in [0.3, 0.4) is 0 Å². The molecule has 0 aromatic carbocycles. The van der Waals surface area contributed by atoms with Crippen LogP contribution >= 0.6 is 0 Å². The van der Waals surface area contributed by atoms with Crippen LogP contribution in [0, 0.1) is 12.2 Å². The fraction of sp³-hybridized carbons (Fsp3) is 0.500. The summed E-state index contributed by atoms with van der Waals surface area (Å²) in [6.07, 6.45) is 18.3. The molecule has 0 amide bonds. The van der Waals surface area contributed by atoms with E-state index >= 15 is 0 Å². The van der Waals surface area contributed by atoms with E-state index in [1.807, 2.05) is 0 Å². The minimum atomic E-state index is 0. The Morgan fingerprint density at radius 1 is 0.842 bits per heavy atom. The van der Waals surface area contributed by atoms with Gasteiger partial charge in [0, 0.05) is 0 Å². The van der Waals surface area contributed by atoms with Gasteiger partial charge < -0.3 is 24.8 Å². The third-order valence-corrected chi connectivity index (χ3v) is 3.47. The molecular weight excluding hydrogens is 354 g/mol. The molecule has 0 fully saturated rings. The predicted octanol–water partition coefficient (Wildman–Crippen LogP) is -1.29. The van der Waals surface area contributed by atoms with Crippen molar-refractivity contribution in [1.29, 1.82) is 0 Å². The number of allylic oxidation sites excluding steroid dienone is 8. The van der Waals surface area contributed by atoms with Crippen LogP contribution in [0.4, 0.5) is 0 Å². The van der Waals surface area contributed by atoms with Gasteiger partial charge in [-0.05, 0) is 0 Å². The van der Waals surface area contributed by atoms with E-state index in [2.05, 4.69) is 38.2 Å². The normalized spacial score (nSPS) is 16.3. The second kappa shape index (κ2) is 11.1. The van der Waals surface area contributed by atoms with Crippen molar-refractivity contribution >= 4 is 0 Å². The topological polar surface area (TPSA) is 0 Å². The van der Waals surface area contributed by atoms with Gasteiger partial charge in [0.05, 0.1) is 0 Å². The fourth-order valence-corrected chi connectivity index (χ4v) is 2.55. The standard InChI is InChI=1S/C16H20.2ClH.Zr/c1-3-13-7-5-9-15(13)11-12-16-10-6-8-14(16)4-2;;;/h9-10H,3-6,11-12H2,1-2H3;2*1H;/q-2;;;+4/p-2. The average Bonchev–Trinajstić information content (AvgIpc) is 2.94. The van der Waals surface area contributed by atoms with Crippen molar-refractivity contribution in [2.45, 2.75) is 52.4 Å². The largest absolute Gasteiger partial charge is 4.00 e. The SMILES string of the molecule is CCC1=[C-]CC=C1CCC1=CC[C-]=C1CC.[Cl-].[Cl-].[Zr+4]. The summed E-state index contributed by atoms with van der Waals surface area (Å²) in [5.74, 6) is 0. The van der Waals surface area contributed by atoms with Crippen molar-refractivity contribution in [1.82, 2.24) is 0 Å². The van der Waals surface area contributed by atoms with Gasteiger partial charge in [-0.3, -0.25) is 12.2 Å². The molecule has 0 aliphatic heterocycles. The third-order valence-electron chi connectivity index (χ3n) is 3.47. The van der Waals surface area contributed by atoms with Crippen molar-refractivity contribution < 1.29 is 51.0 Å². The molecule has 19 heavy (non-hydrogen) atoms. The molecule has 2 aliphatic rings. The van der Waals surface area contributed by atoms with E-state index in [9.17, 15) is 0 Å². The quantitative estimate of drug-likeness (QED) is 0.526. The van der Waals surface area contributed by atoms with Crippen LogP contribution in [0.5, 0.6) is 0 Å². The molecule has 0 unspecified atom stereocenters. The van der Waals surface area contributed by atoms with Crippen LogP contribution in [-0.4, -0.2) is 0 Å². The summed E-state index contributed by atoms with van der Waals surface area (Å²) >= 11 is 0. The Labute approximate surface area is 149 Å². The Balaban J connectivity index is 0. The number of rotatable bonds is 5. The zero-order chi connectivity index (χ0) is 11.4. The predicted molar refractivity (Wildman–Crippen MR) is 68.7 cm³/mol. The minimum absolute atomic E-state index is 0. The van der Waals surface area contributed by atoms with Gasteiger partial charge in [-0.2, -0.15) is 23.3 Å². The molecule has 2 aliphatic carbocycles. The first-order valence-electron chi connectivity index (χ1n) is 6.43. The van der Waals surface area contributed by atoms with Crippen LogP contribution in [0.1, 0.15) is 52.4 Å². The van der Waals surface area contributed by atoms with E-state index in [0.717, 1.165) is 25.7 Å². The van der Waals surface area contributed by atoms with Crippen molar-refractivity contribution in [2.75, 3.05) is 0 Å². The van der Waals surface area contributed by atoms with Crippen LogP contribution in [-0.2, 0) is 26.2 Å². The van der Waals surface area contributed by atoms with E-state index in [1.165, 1.54) is 35.1 Å². The first kappa shape index (κ1) is 21.7. The summed E-state index contributed by atoms with van der Waals surface area (Å²) in [4.78, 5) is 0. The molecule has 0 atom stereocenters. The second-order valence-corrected chi connectivity index (χ2v) is 4.38. The average molecular weight is 374 g/mol. The van der Waals surface area contributed by atoms with Gasteiger partial charge in [0.15, 0.2) is 0 Å². The maximum atomic E-state index is 3.44. The summed E-state index contributed by atoms with van der Waals surface area (Å²) in [5, 5.41) is 0. The van der Waals surface area contributed by atoms with Crippen molar-refractivity contribution in [3.8, 4) is 0 Å². The van der Waals surface area contributed by atoms with E-state index in [-0.39, 0.29) is 51.0 Å². The molecule has 0 spiro atoms. The Kier molecular flexibility index (Phi) is 12.7. The van der Waals surface area contributed by atoms with Crippen molar-refractivity contribution in [3.63, 3.8) is 0 Å². The molecule has 102 valence electrons. The van der Waals surface area contributed by atoms with E-state index in [0.29, 0.717) is 0 Å². The van der Waals surface area contributed by atoms with E-state index < -0.39 is 0 Å². The summed E-state index contributed by atoms with van der Waals surface area (Å²) in [7, 11) is 0. The maximum Gasteiger partial charge on any atom is 4.00 e. The molecule has 0 N–H and O–H groups in total. The van der Waals surface area contributed by atoms with Gasteiger partial charge in [-0.15, -0.1) is 25.7 Å². The molecular formula is C16H20Cl2Zr. The zero-order valence-electron chi connectivity index (χ0n) is 11.7. The van der Waals surface area contributed by atoms with Gasteiger partial charge >= 0.3 is 26.2 Å². The van der Waals surface area contributed by atoms with E-state index in [4.69, 9.17) is 0 Å². The Morgan fingerprint density at radius 2 is 1.21 bits per heavy atom. The fourth-order valence-electron chi connectivity index (χ4n) is 2.55. The Bertz CT molecular complexity index is 352. The van der Waals surface area contributed by atoms with Gasteiger partial charge in [0.1, 0.15) is 0 Å². The number of hydrogen-bond donors (Lipinski definition) is 0. The smallest absolute Gasteiger partial charge is 1.00 e. The molecule has 0 nitrogen and oxygen atoms in total. The molecule has 0 saturated heterocycles. The molecule has 0 saturated carbocycles. The van der Waals surface area contributed by atoms with Crippen LogP contribution in [0.25, 0.3) is 0 Å². The van der Waals surface area contributed by atoms with Gasteiger partial charge in [-0.25, -0.2) is 11.1 Å². The summed E-state index contributed by atoms with van der Waals surface area (Å²) in [5.41, 5.74) is 5.96. The molecule has 0 bridgehead atoms. The molecule has 3 heteroatoms. The van der Waals surface area contributed by atoms with Gasteiger partial charge in [0.2, 0.25) is 0 Å². The minimum Gasteiger partial charge on any atom is -1.00 e. The van der Waals surface area contributed by atoms with Crippen molar-refractivity contribution in [3.05, 3.63) is 46.6 Å². The molecule has 2 rings (SSSR count). The summed E-state index contributed by atoms with van der Waals surface area (Å²) in [6.45, 7) is 4.45. The monoisotopic (exact) mass is 372 g/mol. The number of halogens is 2. The van der Waals surface area contributed by atoms with Gasteiger partial charge in [-0.1, -0.05) is 26.7 Å². The Hall–Kier alpha value is 0.423. The second-order valence-electron chi connectivity index (χ2n) is 4.38. The number of hydrogen-bond acceptors (Lipinski definition) is 0. The van der Waals surface area contributed by atoms with Crippen LogP contribution in [0.15, 0.2) is 34.4 Å². The first-order chi connectivity index (χ1) is 7.85. The molecule has 0 heterocycles. The zero-order valence-corrected chi connectivity index (χ0v) is 15.6. The summed E-state index contributed by atoms with van der Waals surface area (Å²) < 4.78 is 0. The van der Waals surface area contributed by atoms with Crippen LogP contribution in [0.2, 0.25) is 0 Å². The third kappa shape index (κ3) is 5.74.